The summed E-state index contributed by atoms with van der Waals surface area (Å²) in [5, 5.41) is 10.5. The van der Waals surface area contributed by atoms with Gasteiger partial charge in [0.2, 0.25) is 20.0 Å². The number of sulfonamides is 2. The Morgan fingerprint density at radius 2 is 1.64 bits per heavy atom. The fourth-order valence-electron chi connectivity index (χ4n) is 4.76. The molecule has 42 heavy (non-hydrogen) atoms. The summed E-state index contributed by atoms with van der Waals surface area (Å²) in [6, 6.07) is 15.3. The molecule has 0 aliphatic heterocycles. The largest absolute Gasteiger partial charge is 0.478 e. The van der Waals surface area contributed by atoms with Gasteiger partial charge in [-0.1, -0.05) is 0 Å². The van der Waals surface area contributed by atoms with Crippen molar-refractivity contribution >= 4 is 42.7 Å². The summed E-state index contributed by atoms with van der Waals surface area (Å²) in [6.07, 6.45) is 3.98. The van der Waals surface area contributed by atoms with Gasteiger partial charge in [0.05, 0.1) is 18.2 Å². The maximum atomic E-state index is 13.2. The van der Waals surface area contributed by atoms with Gasteiger partial charge >= 0.3 is 5.97 Å². The number of halogens is 1. The van der Waals surface area contributed by atoms with Gasteiger partial charge in [0, 0.05) is 30.1 Å². The van der Waals surface area contributed by atoms with E-state index < -0.39 is 26.0 Å². The third-order valence-electron chi connectivity index (χ3n) is 6.81. The molecular formula is C29H29FN2O8S2. The second kappa shape index (κ2) is 11.4. The number of hydrogen-bond donors (Lipinski definition) is 2. The van der Waals surface area contributed by atoms with E-state index in [1.165, 1.54) is 28.6 Å². The summed E-state index contributed by atoms with van der Waals surface area (Å²) in [6.45, 7) is 0.0717. The lowest BCUT2D eigenvalue weighted by Crippen LogP contribution is -2.34. The standard InChI is InChI=1S/C29H29FN2O8S2/c1-41(35,36)31-14-3-15-32(42(2,37)38)25-17-26-24(16-23(25)18-4-5-18)27(29(33)34)28(40-26)19-6-10-21(11-7-19)39-22-12-8-20(30)9-13-22/h6-13,16-18,31H,3-5,14-15H2,1-2H3,(H,33,34). The molecule has 5 rings (SSSR count). The topological polar surface area (TPSA) is 143 Å². The predicted octanol–water partition coefficient (Wildman–Crippen LogP) is 5.31. The van der Waals surface area contributed by atoms with E-state index in [9.17, 15) is 31.1 Å². The highest BCUT2D eigenvalue weighted by molar-refractivity contribution is 7.92. The molecule has 10 nitrogen and oxygen atoms in total. The summed E-state index contributed by atoms with van der Waals surface area (Å²) in [5.41, 5.74) is 1.70. The van der Waals surface area contributed by atoms with Crippen molar-refractivity contribution in [3.63, 3.8) is 0 Å². The maximum Gasteiger partial charge on any atom is 0.340 e. The lowest BCUT2D eigenvalue weighted by atomic mass is 10.0. The van der Waals surface area contributed by atoms with Crippen molar-refractivity contribution in [3.05, 3.63) is 77.6 Å². The van der Waals surface area contributed by atoms with E-state index >= 15 is 0 Å². The number of nitrogens with zero attached hydrogens (tertiary/aromatic N) is 1. The monoisotopic (exact) mass is 616 g/mol. The molecule has 4 aromatic rings. The molecule has 1 aliphatic carbocycles. The minimum absolute atomic E-state index is 0.0153. The van der Waals surface area contributed by atoms with E-state index in [4.69, 9.17) is 9.15 Å². The molecule has 0 bridgehead atoms. The van der Waals surface area contributed by atoms with Gasteiger partial charge in [-0.2, -0.15) is 0 Å². The van der Waals surface area contributed by atoms with Crippen LogP contribution in [0.25, 0.3) is 22.3 Å². The molecule has 0 unspecified atom stereocenters. The van der Waals surface area contributed by atoms with Crippen LogP contribution in [0.15, 0.2) is 65.1 Å². The van der Waals surface area contributed by atoms with E-state index in [1.807, 2.05) is 0 Å². The number of aromatic carboxylic acids is 1. The van der Waals surface area contributed by atoms with Gasteiger partial charge in [0.1, 0.15) is 34.2 Å². The fourth-order valence-corrected chi connectivity index (χ4v) is 6.25. The van der Waals surface area contributed by atoms with Crippen LogP contribution in [-0.2, 0) is 20.0 Å². The van der Waals surface area contributed by atoms with Crippen LogP contribution < -0.4 is 13.8 Å². The quantitative estimate of drug-likeness (QED) is 0.204. The van der Waals surface area contributed by atoms with E-state index in [1.54, 1.807) is 36.4 Å². The number of ether oxygens (including phenoxy) is 1. The van der Waals surface area contributed by atoms with E-state index in [-0.39, 0.29) is 48.2 Å². The summed E-state index contributed by atoms with van der Waals surface area (Å²) >= 11 is 0. The Labute approximate surface area is 242 Å². The van der Waals surface area contributed by atoms with Gasteiger partial charge in [0.15, 0.2) is 0 Å². The Morgan fingerprint density at radius 3 is 2.19 bits per heavy atom. The van der Waals surface area contributed by atoms with E-state index in [0.717, 1.165) is 25.4 Å². The highest BCUT2D eigenvalue weighted by atomic mass is 32.2. The van der Waals surface area contributed by atoms with Gasteiger partial charge in [-0.3, -0.25) is 4.31 Å². The van der Waals surface area contributed by atoms with Crippen molar-refractivity contribution in [1.82, 2.24) is 4.72 Å². The Hall–Kier alpha value is -3.94. The zero-order valence-corrected chi connectivity index (χ0v) is 24.5. The number of anilines is 1. The number of fused-ring (bicyclic) bond motifs is 1. The number of furan rings is 1. The molecule has 0 saturated heterocycles. The smallest absolute Gasteiger partial charge is 0.340 e. The summed E-state index contributed by atoms with van der Waals surface area (Å²) in [4.78, 5) is 12.5. The van der Waals surface area contributed by atoms with Crippen LogP contribution in [0.4, 0.5) is 10.1 Å². The normalized spacial score (nSPS) is 13.8. The maximum absolute atomic E-state index is 13.2. The van der Waals surface area contributed by atoms with Gasteiger partial charge in [-0.15, -0.1) is 0 Å². The Balaban J connectivity index is 1.52. The first-order chi connectivity index (χ1) is 19.8. The first kappa shape index (κ1) is 29.5. The molecule has 1 aromatic heterocycles. The third-order valence-corrected chi connectivity index (χ3v) is 8.71. The zero-order chi connectivity index (χ0) is 30.2. The molecule has 222 valence electrons. The predicted molar refractivity (Wildman–Crippen MR) is 157 cm³/mol. The number of carbonyl (C=O) groups is 1. The number of rotatable bonds is 12. The Kier molecular flexibility index (Phi) is 8.01. The van der Waals surface area contributed by atoms with Crippen LogP contribution in [0.3, 0.4) is 0 Å². The summed E-state index contributed by atoms with van der Waals surface area (Å²) in [5.74, 6) is -0.539. The molecule has 2 N–H and O–H groups in total. The van der Waals surface area contributed by atoms with Crippen LogP contribution in [0, 0.1) is 5.82 Å². The molecule has 0 spiro atoms. The minimum atomic E-state index is -3.77. The molecule has 1 heterocycles. The molecule has 0 atom stereocenters. The minimum Gasteiger partial charge on any atom is -0.478 e. The fraction of sp³-hybridized carbons (Fsp3) is 0.276. The number of nitrogens with one attached hydrogen (secondary N) is 1. The highest BCUT2D eigenvalue weighted by Crippen LogP contribution is 2.48. The summed E-state index contributed by atoms with van der Waals surface area (Å²) in [7, 11) is -7.20. The summed E-state index contributed by atoms with van der Waals surface area (Å²) < 4.78 is 77.2. The van der Waals surface area contributed by atoms with Gasteiger partial charge in [0.25, 0.3) is 0 Å². The van der Waals surface area contributed by atoms with Gasteiger partial charge in [-0.25, -0.2) is 30.7 Å². The van der Waals surface area contributed by atoms with Crippen molar-refractivity contribution in [1.29, 1.82) is 0 Å². The second-order valence-electron chi connectivity index (χ2n) is 10.2. The average molecular weight is 617 g/mol. The zero-order valence-electron chi connectivity index (χ0n) is 22.8. The van der Waals surface area contributed by atoms with Crippen molar-refractivity contribution in [2.24, 2.45) is 0 Å². The molecule has 1 saturated carbocycles. The Bertz CT molecular complexity index is 1850. The van der Waals surface area contributed by atoms with Crippen molar-refractivity contribution in [2.75, 3.05) is 29.9 Å². The molecule has 1 fully saturated rings. The molecule has 3 aromatic carbocycles. The SMILES string of the molecule is CS(=O)(=O)NCCCN(c1cc2oc(-c3ccc(Oc4ccc(F)cc4)cc3)c(C(=O)O)c2cc1C1CC1)S(C)(=O)=O. The van der Waals surface area contributed by atoms with Crippen LogP contribution in [0.2, 0.25) is 0 Å². The molecular weight excluding hydrogens is 587 g/mol. The van der Waals surface area contributed by atoms with Crippen LogP contribution in [0.5, 0.6) is 11.5 Å². The lowest BCUT2D eigenvalue weighted by molar-refractivity contribution is 0.0699. The van der Waals surface area contributed by atoms with Crippen molar-refractivity contribution in [3.8, 4) is 22.8 Å². The van der Waals surface area contributed by atoms with Crippen LogP contribution in [0.1, 0.15) is 41.1 Å². The second-order valence-corrected chi connectivity index (χ2v) is 14.0. The molecule has 13 heteroatoms. The molecule has 0 radical (unpaired) electrons. The number of benzene rings is 3. The third kappa shape index (κ3) is 6.75. The van der Waals surface area contributed by atoms with E-state index in [0.29, 0.717) is 33.7 Å². The van der Waals surface area contributed by atoms with Crippen molar-refractivity contribution in [2.45, 2.75) is 25.2 Å². The Morgan fingerprint density at radius 1 is 1.02 bits per heavy atom. The first-order valence-corrected chi connectivity index (χ1v) is 16.8. The molecule has 1 aliphatic rings. The average Bonchev–Trinajstić information content (AvgIpc) is 3.68. The number of carboxylic acid groups (broad SMARTS) is 1. The number of carboxylic acids is 1. The van der Waals surface area contributed by atoms with Crippen LogP contribution in [-0.4, -0.2) is 53.5 Å². The van der Waals surface area contributed by atoms with E-state index in [2.05, 4.69) is 4.72 Å². The first-order valence-electron chi connectivity index (χ1n) is 13.1. The molecule has 0 amide bonds. The number of hydrogen-bond acceptors (Lipinski definition) is 7. The van der Waals surface area contributed by atoms with Gasteiger partial charge in [-0.05, 0) is 85.3 Å². The highest BCUT2D eigenvalue weighted by Gasteiger charge is 2.33. The van der Waals surface area contributed by atoms with Gasteiger partial charge < -0.3 is 14.3 Å². The van der Waals surface area contributed by atoms with Crippen molar-refractivity contribution < 1.29 is 40.3 Å². The lowest BCUT2D eigenvalue weighted by Gasteiger charge is -2.25. The van der Waals surface area contributed by atoms with Crippen LogP contribution >= 0.6 is 0 Å².